The molecule has 2 atom stereocenters. The summed E-state index contributed by atoms with van der Waals surface area (Å²) in [5.74, 6) is 0.895. The van der Waals surface area contributed by atoms with Gasteiger partial charge >= 0.3 is 0 Å². The molecule has 2 rings (SSSR count). The van der Waals surface area contributed by atoms with Crippen LogP contribution in [-0.4, -0.2) is 34.3 Å². The van der Waals surface area contributed by atoms with Gasteiger partial charge in [0.15, 0.2) is 0 Å². The number of aromatic nitrogens is 2. The first-order valence-electron chi connectivity index (χ1n) is 6.02. The van der Waals surface area contributed by atoms with Crippen LogP contribution in [0.5, 0.6) is 0 Å². The van der Waals surface area contributed by atoms with Crippen LogP contribution >= 0.6 is 0 Å². The van der Waals surface area contributed by atoms with E-state index in [0.29, 0.717) is 6.04 Å². The molecule has 1 saturated carbocycles. The quantitative estimate of drug-likeness (QED) is 0.813. The Morgan fingerprint density at radius 1 is 1.62 bits per heavy atom. The van der Waals surface area contributed by atoms with Crippen LogP contribution < -0.4 is 5.73 Å². The minimum atomic E-state index is 0.0694. The van der Waals surface area contributed by atoms with Crippen molar-refractivity contribution in [2.24, 2.45) is 18.7 Å². The molecular formula is C12H22N4. The van der Waals surface area contributed by atoms with Gasteiger partial charge in [0.25, 0.3) is 0 Å². The van der Waals surface area contributed by atoms with Crippen molar-refractivity contribution in [3.8, 4) is 0 Å². The van der Waals surface area contributed by atoms with Crippen molar-refractivity contribution in [3.63, 3.8) is 0 Å². The minimum absolute atomic E-state index is 0.0694. The van der Waals surface area contributed by atoms with Gasteiger partial charge in [-0.3, -0.25) is 4.68 Å². The van der Waals surface area contributed by atoms with E-state index in [1.807, 2.05) is 19.4 Å². The molecule has 0 spiro atoms. The number of likely N-dealkylation sites (N-methyl/N-ethyl adjacent to an activating group) is 1. The van der Waals surface area contributed by atoms with Gasteiger partial charge in [-0.25, -0.2) is 0 Å². The van der Waals surface area contributed by atoms with Crippen molar-refractivity contribution < 1.29 is 0 Å². The van der Waals surface area contributed by atoms with Gasteiger partial charge in [-0.1, -0.05) is 0 Å². The molecular weight excluding hydrogens is 200 g/mol. The Morgan fingerprint density at radius 2 is 2.31 bits per heavy atom. The van der Waals surface area contributed by atoms with Crippen molar-refractivity contribution in [2.45, 2.75) is 31.8 Å². The summed E-state index contributed by atoms with van der Waals surface area (Å²) in [5, 5.41) is 4.16. The van der Waals surface area contributed by atoms with Crippen molar-refractivity contribution in [1.29, 1.82) is 0 Å². The van der Waals surface area contributed by atoms with E-state index in [1.165, 1.54) is 12.8 Å². The van der Waals surface area contributed by atoms with Crippen LogP contribution in [0, 0.1) is 5.92 Å². The third-order valence-electron chi connectivity index (χ3n) is 3.64. The summed E-state index contributed by atoms with van der Waals surface area (Å²) in [7, 11) is 4.09. The lowest BCUT2D eigenvalue weighted by molar-refractivity contribution is 0.221. The van der Waals surface area contributed by atoms with Gasteiger partial charge < -0.3 is 10.6 Å². The zero-order valence-electron chi connectivity index (χ0n) is 10.4. The first-order valence-corrected chi connectivity index (χ1v) is 6.02. The lowest BCUT2D eigenvalue weighted by atomic mass is 10.1. The van der Waals surface area contributed by atoms with Crippen LogP contribution in [-0.2, 0) is 7.05 Å². The Kier molecular flexibility index (Phi) is 3.30. The maximum Gasteiger partial charge on any atom is 0.0537 e. The molecule has 16 heavy (non-hydrogen) atoms. The third kappa shape index (κ3) is 2.62. The number of hydrogen-bond acceptors (Lipinski definition) is 3. The van der Waals surface area contributed by atoms with E-state index in [4.69, 9.17) is 5.73 Å². The Morgan fingerprint density at radius 3 is 2.81 bits per heavy atom. The van der Waals surface area contributed by atoms with Crippen LogP contribution in [0.1, 0.15) is 31.4 Å². The zero-order chi connectivity index (χ0) is 11.7. The van der Waals surface area contributed by atoms with Gasteiger partial charge in [0.2, 0.25) is 0 Å². The molecule has 0 aromatic carbocycles. The maximum atomic E-state index is 6.17. The standard InChI is InChI=1S/C12H22N4/c1-9(10-4-5-10)15(2)8-12(13)11-6-14-16(3)7-11/h6-7,9-10,12H,4-5,8,13H2,1-3H3. The number of aryl methyl sites for hydroxylation is 1. The second-order valence-corrected chi connectivity index (χ2v) is 5.07. The maximum absolute atomic E-state index is 6.17. The second kappa shape index (κ2) is 4.55. The highest BCUT2D eigenvalue weighted by molar-refractivity contribution is 5.10. The fourth-order valence-corrected chi connectivity index (χ4v) is 2.15. The molecule has 1 heterocycles. The Bertz CT molecular complexity index is 343. The summed E-state index contributed by atoms with van der Waals surface area (Å²) in [6, 6.07) is 0.725. The van der Waals surface area contributed by atoms with Crippen LogP contribution in [0.25, 0.3) is 0 Å². The first-order chi connectivity index (χ1) is 7.58. The largest absolute Gasteiger partial charge is 0.323 e. The number of hydrogen-bond donors (Lipinski definition) is 1. The van der Waals surface area contributed by atoms with E-state index in [0.717, 1.165) is 18.0 Å². The molecule has 1 aromatic rings. The number of nitrogens with two attached hydrogens (primary N) is 1. The van der Waals surface area contributed by atoms with Gasteiger partial charge in [0.05, 0.1) is 6.20 Å². The molecule has 0 radical (unpaired) electrons. The molecule has 1 fully saturated rings. The van der Waals surface area contributed by atoms with Crippen molar-refractivity contribution in [2.75, 3.05) is 13.6 Å². The highest BCUT2D eigenvalue weighted by Crippen LogP contribution is 2.34. The highest BCUT2D eigenvalue weighted by Gasteiger charge is 2.30. The van der Waals surface area contributed by atoms with E-state index in [2.05, 4.69) is 24.0 Å². The molecule has 0 saturated heterocycles. The van der Waals surface area contributed by atoms with Crippen molar-refractivity contribution in [1.82, 2.24) is 14.7 Å². The Labute approximate surface area is 97.4 Å². The molecule has 90 valence electrons. The molecule has 2 N–H and O–H groups in total. The highest BCUT2D eigenvalue weighted by atomic mass is 15.2. The Balaban J connectivity index is 1.88. The average molecular weight is 222 g/mol. The average Bonchev–Trinajstić information content (AvgIpc) is 3.00. The summed E-state index contributed by atoms with van der Waals surface area (Å²) in [4.78, 5) is 2.37. The number of rotatable bonds is 5. The monoisotopic (exact) mass is 222 g/mol. The molecule has 0 bridgehead atoms. The van der Waals surface area contributed by atoms with Gasteiger partial charge in [0.1, 0.15) is 0 Å². The van der Waals surface area contributed by atoms with Crippen LogP contribution in [0.15, 0.2) is 12.4 Å². The summed E-state index contributed by atoms with van der Waals surface area (Å²) in [6.07, 6.45) is 6.63. The second-order valence-electron chi connectivity index (χ2n) is 5.07. The van der Waals surface area contributed by atoms with Crippen molar-refractivity contribution in [3.05, 3.63) is 18.0 Å². The van der Waals surface area contributed by atoms with Crippen LogP contribution in [0.2, 0.25) is 0 Å². The van der Waals surface area contributed by atoms with E-state index in [1.54, 1.807) is 4.68 Å². The van der Waals surface area contributed by atoms with Crippen molar-refractivity contribution >= 4 is 0 Å². The molecule has 1 aliphatic rings. The molecule has 1 aliphatic carbocycles. The SMILES string of the molecule is CC(C1CC1)N(C)CC(N)c1cnn(C)c1. The predicted octanol–water partition coefficient (Wildman–Crippen LogP) is 1.15. The summed E-state index contributed by atoms with van der Waals surface area (Å²) < 4.78 is 1.81. The van der Waals surface area contributed by atoms with Gasteiger partial charge in [-0.15, -0.1) is 0 Å². The summed E-state index contributed by atoms with van der Waals surface area (Å²) in [6.45, 7) is 3.21. The van der Waals surface area contributed by atoms with Gasteiger partial charge in [0, 0.05) is 37.4 Å². The third-order valence-corrected chi connectivity index (χ3v) is 3.64. The van der Waals surface area contributed by atoms with Crippen LogP contribution in [0.3, 0.4) is 0 Å². The van der Waals surface area contributed by atoms with E-state index in [-0.39, 0.29) is 6.04 Å². The van der Waals surface area contributed by atoms with E-state index in [9.17, 15) is 0 Å². The van der Waals surface area contributed by atoms with Gasteiger partial charge in [-0.2, -0.15) is 5.10 Å². The molecule has 1 aromatic heterocycles. The zero-order valence-corrected chi connectivity index (χ0v) is 10.4. The molecule has 0 aliphatic heterocycles. The lowest BCUT2D eigenvalue weighted by Crippen LogP contribution is -2.36. The normalized spacial score (nSPS) is 20.1. The Hall–Kier alpha value is -0.870. The molecule has 2 unspecified atom stereocenters. The fourth-order valence-electron chi connectivity index (χ4n) is 2.15. The first kappa shape index (κ1) is 11.6. The van der Waals surface area contributed by atoms with E-state index < -0.39 is 0 Å². The molecule has 4 nitrogen and oxygen atoms in total. The summed E-state index contributed by atoms with van der Waals surface area (Å²) >= 11 is 0. The molecule has 0 amide bonds. The lowest BCUT2D eigenvalue weighted by Gasteiger charge is -2.27. The van der Waals surface area contributed by atoms with Crippen LogP contribution in [0.4, 0.5) is 0 Å². The fraction of sp³-hybridized carbons (Fsp3) is 0.750. The minimum Gasteiger partial charge on any atom is -0.323 e. The predicted molar refractivity (Wildman–Crippen MR) is 65.0 cm³/mol. The number of nitrogens with zero attached hydrogens (tertiary/aromatic N) is 3. The smallest absolute Gasteiger partial charge is 0.0537 e. The topological polar surface area (TPSA) is 47.1 Å². The van der Waals surface area contributed by atoms with E-state index >= 15 is 0 Å². The molecule has 4 heteroatoms. The summed E-state index contributed by atoms with van der Waals surface area (Å²) in [5.41, 5.74) is 7.30. The van der Waals surface area contributed by atoms with Gasteiger partial charge in [-0.05, 0) is 32.7 Å².